The topological polar surface area (TPSA) is 117 Å². The quantitative estimate of drug-likeness (QED) is 0.657. The standard InChI is InChI=1S/C18H22N4O5/c23-15(10-14-18(26)19-12-6-3-4-7-13(12)27-14)20-21-16(24)11-22-9-5-1-2-8-17(22)25/h3-4,6-7,14H,1-2,5,8-11H2,(H,19,26)(H,20,23)(H,21,24)/t14-/m0/s1. The number of hydrogen-bond acceptors (Lipinski definition) is 5. The SMILES string of the molecule is O=C(C[C@@H]1Oc2ccccc2NC1=O)NNC(=O)CN1CCCCCC1=O. The van der Waals surface area contributed by atoms with E-state index in [-0.39, 0.29) is 18.9 Å². The molecule has 4 amide bonds. The Hall–Kier alpha value is -3.10. The Bertz CT molecular complexity index is 751. The lowest BCUT2D eigenvalue weighted by Gasteiger charge is -2.25. The number of carbonyl (C=O) groups excluding carboxylic acids is 4. The minimum absolute atomic E-state index is 0.0556. The van der Waals surface area contributed by atoms with E-state index in [1.807, 2.05) is 0 Å². The second-order valence-electron chi connectivity index (χ2n) is 6.52. The fourth-order valence-corrected chi connectivity index (χ4v) is 3.00. The molecule has 0 aromatic heterocycles. The van der Waals surface area contributed by atoms with Gasteiger partial charge in [-0.15, -0.1) is 0 Å². The summed E-state index contributed by atoms with van der Waals surface area (Å²) in [5, 5.41) is 2.67. The van der Waals surface area contributed by atoms with Gasteiger partial charge >= 0.3 is 0 Å². The lowest BCUT2D eigenvalue weighted by Crippen LogP contribution is -2.49. The number of ether oxygens (including phenoxy) is 1. The molecule has 0 radical (unpaired) electrons. The molecule has 0 unspecified atom stereocenters. The second kappa shape index (κ2) is 8.52. The first-order valence-corrected chi connectivity index (χ1v) is 8.95. The molecular weight excluding hydrogens is 352 g/mol. The van der Waals surface area contributed by atoms with Crippen molar-refractivity contribution in [1.82, 2.24) is 15.8 Å². The molecule has 0 bridgehead atoms. The van der Waals surface area contributed by atoms with Gasteiger partial charge in [-0.1, -0.05) is 18.6 Å². The third-order valence-electron chi connectivity index (χ3n) is 4.42. The number of hydrogen-bond donors (Lipinski definition) is 3. The molecule has 0 spiro atoms. The molecule has 3 rings (SSSR count). The van der Waals surface area contributed by atoms with Gasteiger partial charge in [-0.05, 0) is 25.0 Å². The van der Waals surface area contributed by atoms with Crippen LogP contribution in [0.15, 0.2) is 24.3 Å². The molecule has 1 aromatic carbocycles. The minimum atomic E-state index is -0.982. The molecule has 9 nitrogen and oxygen atoms in total. The molecule has 1 atom stereocenters. The molecule has 27 heavy (non-hydrogen) atoms. The molecule has 9 heteroatoms. The Morgan fingerprint density at radius 2 is 1.89 bits per heavy atom. The highest BCUT2D eigenvalue weighted by molar-refractivity contribution is 6.00. The van der Waals surface area contributed by atoms with Gasteiger partial charge < -0.3 is 15.0 Å². The van der Waals surface area contributed by atoms with E-state index in [9.17, 15) is 19.2 Å². The van der Waals surface area contributed by atoms with Crippen LogP contribution in [-0.2, 0) is 19.2 Å². The maximum absolute atomic E-state index is 12.0. The van der Waals surface area contributed by atoms with Crippen LogP contribution in [-0.4, -0.2) is 47.7 Å². The van der Waals surface area contributed by atoms with Crippen LogP contribution in [0.5, 0.6) is 5.75 Å². The highest BCUT2D eigenvalue weighted by atomic mass is 16.5. The zero-order chi connectivity index (χ0) is 19.2. The number of hydrazine groups is 1. The van der Waals surface area contributed by atoms with Crippen LogP contribution < -0.4 is 20.9 Å². The van der Waals surface area contributed by atoms with E-state index >= 15 is 0 Å². The zero-order valence-corrected chi connectivity index (χ0v) is 14.8. The van der Waals surface area contributed by atoms with Gasteiger partial charge in [-0.25, -0.2) is 0 Å². The Morgan fingerprint density at radius 1 is 1.11 bits per heavy atom. The Kier molecular flexibility index (Phi) is 5.90. The van der Waals surface area contributed by atoms with Crippen molar-refractivity contribution in [2.45, 2.75) is 38.2 Å². The van der Waals surface area contributed by atoms with Crippen molar-refractivity contribution in [1.29, 1.82) is 0 Å². The van der Waals surface area contributed by atoms with Crippen molar-refractivity contribution in [3.05, 3.63) is 24.3 Å². The number of fused-ring (bicyclic) bond motifs is 1. The van der Waals surface area contributed by atoms with Gasteiger partial charge in [0.1, 0.15) is 12.3 Å². The maximum atomic E-state index is 12.0. The molecule has 3 N–H and O–H groups in total. The predicted molar refractivity (Wildman–Crippen MR) is 95.4 cm³/mol. The van der Waals surface area contributed by atoms with Crippen molar-refractivity contribution >= 4 is 29.3 Å². The van der Waals surface area contributed by atoms with Crippen LogP contribution in [0.4, 0.5) is 5.69 Å². The lowest BCUT2D eigenvalue weighted by molar-refractivity contribution is -0.137. The van der Waals surface area contributed by atoms with Crippen molar-refractivity contribution in [3.63, 3.8) is 0 Å². The number of para-hydroxylation sites is 2. The first kappa shape index (κ1) is 18.7. The number of nitrogens with one attached hydrogen (secondary N) is 3. The van der Waals surface area contributed by atoms with E-state index in [0.717, 1.165) is 19.3 Å². The maximum Gasteiger partial charge on any atom is 0.266 e. The summed E-state index contributed by atoms with van der Waals surface area (Å²) >= 11 is 0. The van der Waals surface area contributed by atoms with Crippen LogP contribution in [0.25, 0.3) is 0 Å². The van der Waals surface area contributed by atoms with Crippen LogP contribution in [0, 0.1) is 0 Å². The summed E-state index contributed by atoms with van der Waals surface area (Å²) in [6.07, 6.45) is 1.87. The smallest absolute Gasteiger partial charge is 0.266 e. The summed E-state index contributed by atoms with van der Waals surface area (Å²) in [6.45, 7) is 0.433. The number of likely N-dealkylation sites (tertiary alicyclic amines) is 1. The number of rotatable bonds is 4. The summed E-state index contributed by atoms with van der Waals surface area (Å²) in [5.74, 6) is -1.05. The molecule has 2 aliphatic heterocycles. The van der Waals surface area contributed by atoms with Crippen LogP contribution in [0.3, 0.4) is 0 Å². The monoisotopic (exact) mass is 374 g/mol. The average molecular weight is 374 g/mol. The van der Waals surface area contributed by atoms with Crippen LogP contribution in [0.2, 0.25) is 0 Å². The first-order chi connectivity index (χ1) is 13.0. The molecule has 1 aromatic rings. The van der Waals surface area contributed by atoms with E-state index < -0.39 is 23.8 Å². The van der Waals surface area contributed by atoms with Gasteiger partial charge in [-0.2, -0.15) is 0 Å². The second-order valence-corrected chi connectivity index (χ2v) is 6.52. The van der Waals surface area contributed by atoms with Gasteiger partial charge in [0.05, 0.1) is 12.1 Å². The van der Waals surface area contributed by atoms with Crippen molar-refractivity contribution in [2.75, 3.05) is 18.4 Å². The summed E-state index contributed by atoms with van der Waals surface area (Å²) in [5.41, 5.74) is 5.08. The van der Waals surface area contributed by atoms with E-state index in [1.54, 1.807) is 24.3 Å². The fraction of sp³-hybridized carbons (Fsp3) is 0.444. The van der Waals surface area contributed by atoms with Crippen molar-refractivity contribution in [2.24, 2.45) is 0 Å². The van der Waals surface area contributed by atoms with Gasteiger partial charge in [0.15, 0.2) is 6.10 Å². The molecule has 1 fully saturated rings. The molecule has 0 saturated carbocycles. The van der Waals surface area contributed by atoms with Gasteiger partial charge in [0, 0.05) is 13.0 Å². The van der Waals surface area contributed by atoms with E-state index in [1.165, 1.54) is 4.90 Å². The molecular formula is C18H22N4O5. The average Bonchev–Trinajstić information content (AvgIpc) is 2.85. The Balaban J connectivity index is 1.45. The number of nitrogens with zero attached hydrogens (tertiary/aromatic N) is 1. The summed E-state index contributed by atoms with van der Waals surface area (Å²) in [7, 11) is 0. The van der Waals surface area contributed by atoms with Gasteiger partial charge in [0.2, 0.25) is 11.8 Å². The molecule has 2 heterocycles. The van der Waals surface area contributed by atoms with E-state index in [0.29, 0.717) is 24.4 Å². The van der Waals surface area contributed by atoms with Crippen LogP contribution >= 0.6 is 0 Å². The molecule has 144 valence electrons. The highest BCUT2D eigenvalue weighted by Crippen LogP contribution is 2.29. The van der Waals surface area contributed by atoms with Crippen molar-refractivity contribution < 1.29 is 23.9 Å². The predicted octanol–water partition coefficient (Wildman–Crippen LogP) is 0.326. The normalized spacial score (nSPS) is 19.3. The van der Waals surface area contributed by atoms with E-state index in [2.05, 4.69) is 16.2 Å². The molecule has 1 saturated heterocycles. The number of anilines is 1. The number of benzene rings is 1. The third-order valence-corrected chi connectivity index (χ3v) is 4.42. The third kappa shape index (κ3) is 4.96. The Morgan fingerprint density at radius 3 is 2.74 bits per heavy atom. The van der Waals surface area contributed by atoms with Crippen molar-refractivity contribution in [3.8, 4) is 5.75 Å². The van der Waals surface area contributed by atoms with Gasteiger partial charge in [0.25, 0.3) is 11.8 Å². The first-order valence-electron chi connectivity index (χ1n) is 8.95. The van der Waals surface area contributed by atoms with Gasteiger partial charge in [-0.3, -0.25) is 30.0 Å². The highest BCUT2D eigenvalue weighted by Gasteiger charge is 2.29. The minimum Gasteiger partial charge on any atom is -0.478 e. The summed E-state index contributed by atoms with van der Waals surface area (Å²) < 4.78 is 5.53. The summed E-state index contributed by atoms with van der Waals surface area (Å²) in [4.78, 5) is 49.4. The zero-order valence-electron chi connectivity index (χ0n) is 14.8. The largest absolute Gasteiger partial charge is 0.478 e. The Labute approximate surface area is 156 Å². The van der Waals surface area contributed by atoms with E-state index in [4.69, 9.17) is 4.74 Å². The fourth-order valence-electron chi connectivity index (χ4n) is 3.00. The molecule has 0 aliphatic carbocycles. The summed E-state index contributed by atoms with van der Waals surface area (Å²) in [6, 6.07) is 6.92. The molecule has 2 aliphatic rings. The number of amides is 4. The lowest BCUT2D eigenvalue weighted by atomic mass is 10.1. The van der Waals surface area contributed by atoms with Crippen LogP contribution in [0.1, 0.15) is 32.1 Å². The number of carbonyl (C=O) groups is 4.